The van der Waals surface area contributed by atoms with Crippen LogP contribution < -0.4 is 4.74 Å². The van der Waals surface area contributed by atoms with Gasteiger partial charge >= 0.3 is 5.97 Å². The van der Waals surface area contributed by atoms with Gasteiger partial charge in [0.25, 0.3) is 0 Å². The number of phenols is 2. The largest absolute Gasteiger partial charge is 0.507 e. The first kappa shape index (κ1) is 19.9. The number of esters is 1. The molecule has 2 aromatic carbocycles. The molecular weight excluding hydrogens is 394 g/mol. The van der Waals surface area contributed by atoms with Crippen LogP contribution in [-0.4, -0.2) is 46.9 Å². The Hall–Kier alpha value is -2.99. The Morgan fingerprint density at radius 2 is 1.90 bits per heavy atom. The summed E-state index contributed by atoms with van der Waals surface area (Å²) < 4.78 is 11.2. The van der Waals surface area contributed by atoms with Gasteiger partial charge in [0, 0.05) is 36.6 Å². The highest BCUT2D eigenvalue weighted by molar-refractivity contribution is 5.88. The highest BCUT2D eigenvalue weighted by atomic mass is 16.5. The summed E-state index contributed by atoms with van der Waals surface area (Å²) >= 11 is 0. The Bertz CT molecular complexity index is 1050. The van der Waals surface area contributed by atoms with Gasteiger partial charge < -0.3 is 19.7 Å². The maximum atomic E-state index is 12.5. The zero-order valence-electron chi connectivity index (χ0n) is 17.6. The zero-order chi connectivity index (χ0) is 21.5. The molecule has 4 bridgehead atoms. The lowest BCUT2D eigenvalue weighted by atomic mass is 9.81. The van der Waals surface area contributed by atoms with Gasteiger partial charge in [0.15, 0.2) is 11.5 Å². The maximum Gasteiger partial charge on any atom is 0.331 e. The van der Waals surface area contributed by atoms with E-state index in [2.05, 4.69) is 4.90 Å². The van der Waals surface area contributed by atoms with Crippen LogP contribution in [0.1, 0.15) is 49.3 Å². The van der Waals surface area contributed by atoms with E-state index < -0.39 is 0 Å². The number of carbonyl (C=O) groups excluding carboxylic acids is 1. The van der Waals surface area contributed by atoms with E-state index >= 15 is 0 Å². The molecule has 6 heteroatoms. The number of ether oxygens (including phenoxy) is 2. The second-order valence-corrected chi connectivity index (χ2v) is 8.65. The molecular formula is C25H27NO5. The van der Waals surface area contributed by atoms with Crippen molar-refractivity contribution in [2.75, 3.05) is 13.7 Å². The van der Waals surface area contributed by atoms with Crippen molar-refractivity contribution < 1.29 is 24.5 Å². The summed E-state index contributed by atoms with van der Waals surface area (Å²) in [4.78, 5) is 15.0. The predicted molar refractivity (Wildman–Crippen MR) is 117 cm³/mol. The standard InChI is InChI=1S/C25H27NO5/c1-30-24-14-18-19(13-23(24)28)21-12-17(11-16-4-2-3-9-26(16)21)31-25(29)8-6-15-5-7-22(27)20(18)10-15/h5-8,10,13-14,16-17,21,27-28H,2-4,9,11-12H2,1H3/b8-6-/t16-,17-,21-/m0/s1. The van der Waals surface area contributed by atoms with Gasteiger partial charge in [-0.25, -0.2) is 4.79 Å². The van der Waals surface area contributed by atoms with Crippen molar-refractivity contribution in [1.82, 2.24) is 4.90 Å². The van der Waals surface area contributed by atoms with E-state index in [-0.39, 0.29) is 29.6 Å². The van der Waals surface area contributed by atoms with E-state index in [9.17, 15) is 15.0 Å². The Morgan fingerprint density at radius 1 is 1.03 bits per heavy atom. The molecule has 0 radical (unpaired) electrons. The van der Waals surface area contributed by atoms with Crippen molar-refractivity contribution in [3.8, 4) is 28.4 Å². The van der Waals surface area contributed by atoms with Gasteiger partial charge in [-0.3, -0.25) is 4.90 Å². The van der Waals surface area contributed by atoms with Crippen molar-refractivity contribution in [2.45, 2.75) is 50.3 Å². The summed E-state index contributed by atoms with van der Waals surface area (Å²) in [6, 6.07) is 9.08. The number of carbonyl (C=O) groups is 1. The van der Waals surface area contributed by atoms with Crippen LogP contribution in [-0.2, 0) is 9.53 Å². The molecule has 5 rings (SSSR count). The van der Waals surface area contributed by atoms with Crippen LogP contribution in [0, 0.1) is 0 Å². The molecule has 162 valence electrons. The van der Waals surface area contributed by atoms with Gasteiger partial charge in [-0.2, -0.15) is 0 Å². The fourth-order valence-electron chi connectivity index (χ4n) is 5.37. The third-order valence-corrected chi connectivity index (χ3v) is 6.81. The number of fused-ring (bicyclic) bond motifs is 9. The molecule has 3 aliphatic heterocycles. The maximum absolute atomic E-state index is 12.5. The summed E-state index contributed by atoms with van der Waals surface area (Å²) in [5, 5.41) is 21.4. The average molecular weight is 421 g/mol. The fraction of sp³-hybridized carbons (Fsp3) is 0.400. The number of rotatable bonds is 1. The lowest BCUT2D eigenvalue weighted by Crippen LogP contribution is -2.49. The van der Waals surface area contributed by atoms with Crippen LogP contribution in [0.25, 0.3) is 17.2 Å². The number of piperidine rings is 2. The van der Waals surface area contributed by atoms with Gasteiger partial charge in [-0.05, 0) is 66.4 Å². The van der Waals surface area contributed by atoms with Crippen molar-refractivity contribution in [1.29, 1.82) is 0 Å². The number of methoxy groups -OCH3 is 1. The van der Waals surface area contributed by atoms with Crippen LogP contribution in [0.15, 0.2) is 36.4 Å². The van der Waals surface area contributed by atoms with E-state index in [4.69, 9.17) is 9.47 Å². The van der Waals surface area contributed by atoms with Gasteiger partial charge in [-0.1, -0.05) is 12.5 Å². The Balaban J connectivity index is 1.75. The molecule has 2 saturated heterocycles. The highest BCUT2D eigenvalue weighted by Gasteiger charge is 2.40. The molecule has 0 unspecified atom stereocenters. The number of nitrogens with zero attached hydrogens (tertiary/aromatic N) is 1. The first-order chi connectivity index (χ1) is 15.0. The molecule has 0 aliphatic carbocycles. The van der Waals surface area contributed by atoms with Crippen LogP contribution in [0.5, 0.6) is 17.2 Å². The first-order valence-corrected chi connectivity index (χ1v) is 10.9. The molecule has 3 atom stereocenters. The number of hydrogen-bond donors (Lipinski definition) is 2. The van der Waals surface area contributed by atoms with Gasteiger partial charge in [0.2, 0.25) is 0 Å². The minimum absolute atomic E-state index is 0.0323. The minimum Gasteiger partial charge on any atom is -0.507 e. The Morgan fingerprint density at radius 3 is 2.74 bits per heavy atom. The van der Waals surface area contributed by atoms with E-state index in [0.29, 0.717) is 23.8 Å². The molecule has 0 amide bonds. The first-order valence-electron chi connectivity index (χ1n) is 10.9. The van der Waals surface area contributed by atoms with Crippen molar-refractivity contribution in [3.05, 3.63) is 47.5 Å². The number of hydrogen-bond acceptors (Lipinski definition) is 6. The van der Waals surface area contributed by atoms with E-state index in [0.717, 1.165) is 48.9 Å². The minimum atomic E-state index is -0.346. The van der Waals surface area contributed by atoms with Crippen LogP contribution in [0.3, 0.4) is 0 Å². The molecule has 2 aromatic rings. The predicted octanol–water partition coefficient (Wildman–Crippen LogP) is 4.40. The molecule has 2 N–H and O–H groups in total. The lowest BCUT2D eigenvalue weighted by molar-refractivity contribution is -0.148. The van der Waals surface area contributed by atoms with Crippen LogP contribution in [0.4, 0.5) is 0 Å². The van der Waals surface area contributed by atoms with Gasteiger partial charge in [0.1, 0.15) is 11.9 Å². The Labute approximate surface area is 181 Å². The van der Waals surface area contributed by atoms with Crippen molar-refractivity contribution >= 4 is 12.0 Å². The van der Waals surface area contributed by atoms with Crippen LogP contribution in [0.2, 0.25) is 0 Å². The summed E-state index contributed by atoms with van der Waals surface area (Å²) in [6.07, 6.45) is 7.80. The molecule has 0 aromatic heterocycles. The third-order valence-electron chi connectivity index (χ3n) is 6.81. The van der Waals surface area contributed by atoms with Crippen LogP contribution >= 0.6 is 0 Å². The molecule has 2 fully saturated rings. The molecule has 6 nitrogen and oxygen atoms in total. The van der Waals surface area contributed by atoms with Crippen molar-refractivity contribution in [2.24, 2.45) is 0 Å². The van der Waals surface area contributed by atoms with Gasteiger partial charge in [-0.15, -0.1) is 0 Å². The van der Waals surface area contributed by atoms with E-state index in [1.165, 1.54) is 13.2 Å². The van der Waals surface area contributed by atoms with E-state index in [1.807, 2.05) is 6.07 Å². The van der Waals surface area contributed by atoms with E-state index in [1.54, 1.807) is 30.3 Å². The number of benzene rings is 2. The zero-order valence-corrected chi connectivity index (χ0v) is 17.6. The smallest absolute Gasteiger partial charge is 0.331 e. The highest BCUT2D eigenvalue weighted by Crippen LogP contribution is 2.47. The Kier molecular flexibility index (Phi) is 5.10. The summed E-state index contributed by atoms with van der Waals surface area (Å²) in [5.74, 6) is 0.228. The topological polar surface area (TPSA) is 79.2 Å². The van der Waals surface area contributed by atoms with Crippen molar-refractivity contribution in [3.63, 3.8) is 0 Å². The van der Waals surface area contributed by atoms with Gasteiger partial charge in [0.05, 0.1) is 7.11 Å². The summed E-state index contributed by atoms with van der Waals surface area (Å²) in [7, 11) is 1.52. The quantitative estimate of drug-likeness (QED) is 0.665. The second-order valence-electron chi connectivity index (χ2n) is 8.65. The molecule has 3 heterocycles. The normalized spacial score (nSPS) is 26.5. The molecule has 31 heavy (non-hydrogen) atoms. The third kappa shape index (κ3) is 3.65. The SMILES string of the molecule is COc1cc2c(cc1O)[C@@H]1C[C@H](C[C@@H]3CCCCN31)OC(=O)/C=C\c1ccc(O)c-2c1. The number of phenolic OH excluding ortho intramolecular Hbond substituents is 2. The summed E-state index contributed by atoms with van der Waals surface area (Å²) in [5.41, 5.74) is 3.18. The summed E-state index contributed by atoms with van der Waals surface area (Å²) in [6.45, 7) is 0.966. The number of aromatic hydroxyl groups is 2. The lowest BCUT2D eigenvalue weighted by Gasteiger charge is -2.48. The average Bonchev–Trinajstić information content (AvgIpc) is 2.77. The monoisotopic (exact) mass is 421 g/mol. The molecule has 0 spiro atoms. The molecule has 0 saturated carbocycles. The second kappa shape index (κ2) is 7.93. The fourth-order valence-corrected chi connectivity index (χ4v) is 5.37. The molecule has 3 aliphatic rings.